The van der Waals surface area contributed by atoms with Crippen molar-refractivity contribution in [2.45, 2.75) is 31.3 Å². The number of hydrogen-bond acceptors (Lipinski definition) is 4. The minimum absolute atomic E-state index is 0.0540. The van der Waals surface area contributed by atoms with Crippen molar-refractivity contribution < 1.29 is 0 Å². The molecule has 0 saturated carbocycles. The lowest BCUT2D eigenvalue weighted by molar-refractivity contribution is 0.254. The molecule has 19 heavy (non-hydrogen) atoms. The molecule has 0 spiro atoms. The number of rotatable bonds is 2. The van der Waals surface area contributed by atoms with Crippen molar-refractivity contribution in [2.75, 3.05) is 25.0 Å². The Balaban J connectivity index is 1.89. The summed E-state index contributed by atoms with van der Waals surface area (Å²) < 4.78 is 0. The van der Waals surface area contributed by atoms with Crippen LogP contribution in [-0.4, -0.2) is 47.9 Å². The Bertz CT molecular complexity index is 486. The van der Waals surface area contributed by atoms with E-state index in [-0.39, 0.29) is 5.84 Å². The summed E-state index contributed by atoms with van der Waals surface area (Å²) >= 11 is 0. The van der Waals surface area contributed by atoms with Crippen LogP contribution in [0.4, 0.5) is 5.69 Å². The number of fused-ring (bicyclic) bond motifs is 2. The first-order valence-electron chi connectivity index (χ1n) is 6.93. The minimum atomic E-state index is 0.0540. The summed E-state index contributed by atoms with van der Waals surface area (Å²) in [7, 11) is 2.24. The van der Waals surface area contributed by atoms with E-state index in [1.54, 1.807) is 6.20 Å². The molecule has 5 nitrogen and oxygen atoms in total. The number of aromatic nitrogens is 1. The van der Waals surface area contributed by atoms with E-state index in [4.69, 9.17) is 11.1 Å². The van der Waals surface area contributed by atoms with Gasteiger partial charge in [-0.15, -0.1) is 0 Å². The molecule has 102 valence electrons. The van der Waals surface area contributed by atoms with Crippen molar-refractivity contribution in [3.8, 4) is 0 Å². The Morgan fingerprint density at radius 2 is 2.16 bits per heavy atom. The second kappa shape index (κ2) is 4.81. The van der Waals surface area contributed by atoms with Crippen molar-refractivity contribution in [1.29, 1.82) is 5.41 Å². The number of nitrogens with two attached hydrogens (primary N) is 1. The number of nitrogens with zero attached hydrogens (tertiary/aromatic N) is 3. The van der Waals surface area contributed by atoms with Crippen LogP contribution >= 0.6 is 0 Å². The predicted octanol–water partition coefficient (Wildman–Crippen LogP) is 1.04. The molecule has 0 aliphatic carbocycles. The number of nitrogens with one attached hydrogen (secondary N) is 1. The number of likely N-dealkylation sites (N-methyl/N-ethyl adjacent to an activating group) is 1. The Labute approximate surface area is 113 Å². The molecule has 2 aliphatic rings. The van der Waals surface area contributed by atoms with Gasteiger partial charge in [-0.2, -0.15) is 0 Å². The second-order valence-corrected chi connectivity index (χ2v) is 5.57. The third-order valence-electron chi connectivity index (χ3n) is 4.53. The zero-order chi connectivity index (χ0) is 13.4. The first-order valence-corrected chi connectivity index (χ1v) is 6.93. The molecular formula is C14H21N5. The largest absolute Gasteiger partial charge is 0.382 e. The van der Waals surface area contributed by atoms with Crippen molar-refractivity contribution >= 4 is 11.5 Å². The normalized spacial score (nSPS) is 27.3. The smallest absolute Gasteiger partial charge is 0.143 e. The van der Waals surface area contributed by atoms with Crippen molar-refractivity contribution in [3.05, 3.63) is 24.0 Å². The molecule has 2 fully saturated rings. The first-order chi connectivity index (χ1) is 9.16. The Morgan fingerprint density at radius 3 is 2.95 bits per heavy atom. The highest BCUT2D eigenvalue weighted by molar-refractivity contribution is 5.98. The molecule has 0 amide bonds. The average Bonchev–Trinajstić information content (AvgIpc) is 2.63. The van der Waals surface area contributed by atoms with Crippen LogP contribution in [0.25, 0.3) is 0 Å². The van der Waals surface area contributed by atoms with Gasteiger partial charge >= 0.3 is 0 Å². The van der Waals surface area contributed by atoms with Crippen LogP contribution in [0.5, 0.6) is 0 Å². The maximum Gasteiger partial charge on any atom is 0.143 e. The Hall–Kier alpha value is -1.62. The molecule has 5 heteroatoms. The molecule has 2 atom stereocenters. The fourth-order valence-electron chi connectivity index (χ4n) is 3.39. The van der Waals surface area contributed by atoms with Crippen LogP contribution in [-0.2, 0) is 0 Å². The molecule has 1 aromatic heterocycles. The van der Waals surface area contributed by atoms with Gasteiger partial charge < -0.3 is 10.6 Å². The van der Waals surface area contributed by atoms with Gasteiger partial charge in [0, 0.05) is 31.4 Å². The van der Waals surface area contributed by atoms with Gasteiger partial charge in [0.05, 0.1) is 5.69 Å². The van der Waals surface area contributed by atoms with Gasteiger partial charge in [-0.3, -0.25) is 15.3 Å². The second-order valence-electron chi connectivity index (χ2n) is 5.57. The van der Waals surface area contributed by atoms with Gasteiger partial charge in [-0.1, -0.05) is 0 Å². The summed E-state index contributed by atoms with van der Waals surface area (Å²) in [5.74, 6) is 0.0540. The summed E-state index contributed by atoms with van der Waals surface area (Å²) in [6.45, 7) is 2.04. The standard InChI is InChI=1S/C14H21N5/c1-18-10-4-5-11(18)9-19(8-6-10)12-3-2-7-17-13(12)14(15)16/h2-3,7,10-11H,4-6,8-9H2,1H3,(H3,15,16). The summed E-state index contributed by atoms with van der Waals surface area (Å²) in [6, 6.07) is 5.29. The summed E-state index contributed by atoms with van der Waals surface area (Å²) in [5.41, 5.74) is 7.27. The molecule has 2 saturated heterocycles. The maximum atomic E-state index is 7.67. The lowest BCUT2D eigenvalue weighted by atomic mass is 10.1. The van der Waals surface area contributed by atoms with Crippen LogP contribution in [0.2, 0.25) is 0 Å². The van der Waals surface area contributed by atoms with Gasteiger partial charge in [0.1, 0.15) is 11.5 Å². The third kappa shape index (κ3) is 2.18. The zero-order valence-electron chi connectivity index (χ0n) is 11.3. The van der Waals surface area contributed by atoms with E-state index in [2.05, 4.69) is 21.8 Å². The first kappa shape index (κ1) is 12.4. The molecular weight excluding hydrogens is 238 g/mol. The fraction of sp³-hybridized carbons (Fsp3) is 0.571. The van der Waals surface area contributed by atoms with Crippen LogP contribution in [0.1, 0.15) is 25.0 Å². The lowest BCUT2D eigenvalue weighted by Gasteiger charge is -2.28. The number of anilines is 1. The molecule has 2 aliphatic heterocycles. The van der Waals surface area contributed by atoms with Crippen LogP contribution < -0.4 is 10.6 Å². The third-order valence-corrected chi connectivity index (χ3v) is 4.53. The van der Waals surface area contributed by atoms with E-state index in [1.807, 2.05) is 12.1 Å². The van der Waals surface area contributed by atoms with Crippen molar-refractivity contribution in [2.24, 2.45) is 5.73 Å². The Morgan fingerprint density at radius 1 is 1.37 bits per heavy atom. The zero-order valence-corrected chi connectivity index (χ0v) is 11.3. The van der Waals surface area contributed by atoms with Gasteiger partial charge in [0.15, 0.2) is 0 Å². The van der Waals surface area contributed by atoms with Crippen LogP contribution in [0, 0.1) is 5.41 Å². The quantitative estimate of drug-likeness (QED) is 0.615. The molecule has 0 radical (unpaired) electrons. The highest BCUT2D eigenvalue weighted by Crippen LogP contribution is 2.31. The molecule has 3 rings (SSSR count). The van der Waals surface area contributed by atoms with Gasteiger partial charge in [0.25, 0.3) is 0 Å². The van der Waals surface area contributed by atoms with Gasteiger partial charge in [-0.25, -0.2) is 0 Å². The van der Waals surface area contributed by atoms with E-state index in [1.165, 1.54) is 19.3 Å². The van der Waals surface area contributed by atoms with Crippen LogP contribution in [0.15, 0.2) is 18.3 Å². The van der Waals surface area contributed by atoms with Gasteiger partial charge in [0.2, 0.25) is 0 Å². The topological polar surface area (TPSA) is 69.2 Å². The molecule has 0 aromatic carbocycles. The van der Waals surface area contributed by atoms with Crippen LogP contribution in [0.3, 0.4) is 0 Å². The summed E-state index contributed by atoms with van der Waals surface area (Å²) in [6.07, 6.45) is 5.48. The lowest BCUT2D eigenvalue weighted by Crippen LogP contribution is -2.37. The van der Waals surface area contributed by atoms with Crippen molar-refractivity contribution in [3.63, 3.8) is 0 Å². The molecule has 1 aromatic rings. The van der Waals surface area contributed by atoms with E-state index >= 15 is 0 Å². The predicted molar refractivity (Wildman–Crippen MR) is 76.7 cm³/mol. The van der Waals surface area contributed by atoms with E-state index < -0.39 is 0 Å². The van der Waals surface area contributed by atoms with E-state index in [0.717, 1.165) is 18.8 Å². The fourth-order valence-corrected chi connectivity index (χ4v) is 3.39. The minimum Gasteiger partial charge on any atom is -0.382 e. The SMILES string of the molecule is CN1C2CCC1CN(c1cccnc1C(=N)N)CC2. The molecule has 2 unspecified atom stereocenters. The van der Waals surface area contributed by atoms with E-state index in [0.29, 0.717) is 17.8 Å². The molecule has 2 bridgehead atoms. The van der Waals surface area contributed by atoms with E-state index in [9.17, 15) is 0 Å². The monoisotopic (exact) mass is 259 g/mol. The highest BCUT2D eigenvalue weighted by Gasteiger charge is 2.35. The Kier molecular flexibility index (Phi) is 3.14. The summed E-state index contributed by atoms with van der Waals surface area (Å²) in [4.78, 5) is 9.13. The maximum absolute atomic E-state index is 7.67. The number of nitrogen functional groups attached to an aromatic ring is 1. The van der Waals surface area contributed by atoms with Gasteiger partial charge in [-0.05, 0) is 38.4 Å². The molecule has 3 heterocycles. The highest BCUT2D eigenvalue weighted by atomic mass is 15.3. The van der Waals surface area contributed by atoms with Crippen molar-refractivity contribution in [1.82, 2.24) is 9.88 Å². The molecule has 3 N–H and O–H groups in total. The summed E-state index contributed by atoms with van der Waals surface area (Å²) in [5, 5.41) is 7.67. The number of hydrogen-bond donors (Lipinski definition) is 2. The average molecular weight is 259 g/mol. The number of amidine groups is 1. The number of pyridine rings is 1.